The summed E-state index contributed by atoms with van der Waals surface area (Å²) < 4.78 is 10.3. The first-order chi connectivity index (χ1) is 6.24. The van der Waals surface area contributed by atoms with Crippen molar-refractivity contribution in [3.8, 4) is 5.75 Å². The average Bonchev–Trinajstić information content (AvgIpc) is 2.53. The number of anilines is 1. The average molecular weight is 198 g/mol. The van der Waals surface area contributed by atoms with E-state index in [1.54, 1.807) is 25.5 Å². The van der Waals surface area contributed by atoms with Crippen LogP contribution in [0.3, 0.4) is 0 Å². The summed E-state index contributed by atoms with van der Waals surface area (Å²) in [7, 11) is 1.56. The molecule has 0 bridgehead atoms. The summed E-state index contributed by atoms with van der Waals surface area (Å²) in [6.07, 6.45) is 1.56. The maximum atomic E-state index is 5.92. The lowest BCUT2D eigenvalue weighted by Crippen LogP contribution is -1.89. The van der Waals surface area contributed by atoms with E-state index in [1.165, 1.54) is 0 Å². The molecule has 1 aromatic carbocycles. The number of methoxy groups -OCH3 is 1. The smallest absolute Gasteiger partial charge is 0.160 e. The Kier molecular flexibility index (Phi) is 1.81. The highest BCUT2D eigenvalue weighted by molar-refractivity contribution is 6.33. The predicted molar refractivity (Wildman–Crippen MR) is 52.2 cm³/mol. The van der Waals surface area contributed by atoms with Crippen LogP contribution in [0.2, 0.25) is 5.02 Å². The first kappa shape index (κ1) is 8.26. The molecule has 3 nitrogen and oxygen atoms in total. The highest BCUT2D eigenvalue weighted by Crippen LogP contribution is 2.37. The molecule has 0 aliphatic carbocycles. The Morgan fingerprint density at radius 1 is 1.54 bits per heavy atom. The maximum absolute atomic E-state index is 5.92. The van der Waals surface area contributed by atoms with Crippen molar-refractivity contribution in [2.45, 2.75) is 0 Å². The second-order valence-corrected chi connectivity index (χ2v) is 3.05. The molecule has 0 saturated carbocycles. The molecule has 2 aromatic rings. The lowest BCUT2D eigenvalue weighted by Gasteiger charge is -2.04. The van der Waals surface area contributed by atoms with Gasteiger partial charge in [-0.1, -0.05) is 11.6 Å². The first-order valence-electron chi connectivity index (χ1n) is 3.73. The summed E-state index contributed by atoms with van der Waals surface area (Å²) in [6, 6.07) is 3.39. The van der Waals surface area contributed by atoms with Gasteiger partial charge in [-0.3, -0.25) is 0 Å². The molecule has 0 aliphatic rings. The standard InChI is InChI=1S/C9H8ClNO2/c1-12-8-5-2-3-13-9(5)7(11)4-6(8)10/h2-4H,11H2,1H3. The zero-order valence-corrected chi connectivity index (χ0v) is 7.76. The lowest BCUT2D eigenvalue weighted by molar-refractivity contribution is 0.420. The number of halogens is 1. The number of nitrogens with two attached hydrogens (primary N) is 1. The number of furan rings is 1. The minimum Gasteiger partial charge on any atom is -0.494 e. The van der Waals surface area contributed by atoms with Crippen molar-refractivity contribution in [3.63, 3.8) is 0 Å². The van der Waals surface area contributed by atoms with Crippen LogP contribution in [0.25, 0.3) is 11.0 Å². The quantitative estimate of drug-likeness (QED) is 0.715. The van der Waals surface area contributed by atoms with Crippen LogP contribution in [-0.4, -0.2) is 7.11 Å². The van der Waals surface area contributed by atoms with Gasteiger partial charge in [0.05, 0.1) is 29.5 Å². The molecular weight excluding hydrogens is 190 g/mol. The van der Waals surface area contributed by atoms with E-state index >= 15 is 0 Å². The summed E-state index contributed by atoms with van der Waals surface area (Å²) >= 11 is 5.92. The molecule has 0 atom stereocenters. The lowest BCUT2D eigenvalue weighted by atomic mass is 10.2. The molecule has 0 aliphatic heterocycles. The van der Waals surface area contributed by atoms with E-state index < -0.39 is 0 Å². The Balaban J connectivity index is 2.88. The minimum absolute atomic E-state index is 0.494. The van der Waals surface area contributed by atoms with Gasteiger partial charge in [-0.15, -0.1) is 0 Å². The van der Waals surface area contributed by atoms with Crippen LogP contribution in [0, 0.1) is 0 Å². The maximum Gasteiger partial charge on any atom is 0.160 e. The zero-order chi connectivity index (χ0) is 9.42. The number of hydrogen-bond donors (Lipinski definition) is 1. The van der Waals surface area contributed by atoms with Crippen molar-refractivity contribution in [3.05, 3.63) is 23.4 Å². The monoisotopic (exact) mass is 197 g/mol. The largest absolute Gasteiger partial charge is 0.494 e. The van der Waals surface area contributed by atoms with Crippen LogP contribution in [0.15, 0.2) is 22.8 Å². The molecule has 0 unspecified atom stereocenters. The summed E-state index contributed by atoms with van der Waals surface area (Å²) in [4.78, 5) is 0. The van der Waals surface area contributed by atoms with Crippen molar-refractivity contribution >= 4 is 28.3 Å². The predicted octanol–water partition coefficient (Wildman–Crippen LogP) is 2.68. The molecule has 1 heterocycles. The van der Waals surface area contributed by atoms with E-state index in [1.807, 2.05) is 0 Å². The van der Waals surface area contributed by atoms with E-state index in [2.05, 4.69) is 0 Å². The minimum atomic E-state index is 0.494. The number of ether oxygens (including phenoxy) is 1. The molecule has 0 amide bonds. The summed E-state index contributed by atoms with van der Waals surface area (Å²) in [6.45, 7) is 0. The van der Waals surface area contributed by atoms with Gasteiger partial charge in [-0.05, 0) is 12.1 Å². The topological polar surface area (TPSA) is 48.4 Å². The molecule has 1 aromatic heterocycles. The molecule has 4 heteroatoms. The van der Waals surface area contributed by atoms with Crippen LogP contribution in [-0.2, 0) is 0 Å². The highest BCUT2D eigenvalue weighted by Gasteiger charge is 2.11. The molecule has 0 radical (unpaired) electrons. The van der Waals surface area contributed by atoms with Crippen LogP contribution in [0.5, 0.6) is 5.75 Å². The second-order valence-electron chi connectivity index (χ2n) is 2.64. The van der Waals surface area contributed by atoms with Crippen LogP contribution < -0.4 is 10.5 Å². The van der Waals surface area contributed by atoms with Gasteiger partial charge in [0.1, 0.15) is 5.75 Å². The second kappa shape index (κ2) is 2.85. The SMILES string of the molecule is COc1c(Cl)cc(N)c2occc12. The van der Waals surface area contributed by atoms with Gasteiger partial charge < -0.3 is 14.9 Å². The Morgan fingerprint density at radius 3 is 3.00 bits per heavy atom. The van der Waals surface area contributed by atoms with Crippen LogP contribution >= 0.6 is 11.6 Å². The van der Waals surface area contributed by atoms with Gasteiger partial charge in [-0.2, -0.15) is 0 Å². The third-order valence-electron chi connectivity index (χ3n) is 1.88. The Labute approximate surface area is 80.0 Å². The normalized spacial score (nSPS) is 10.6. The van der Waals surface area contributed by atoms with Crippen molar-refractivity contribution in [2.24, 2.45) is 0 Å². The van der Waals surface area contributed by atoms with E-state index in [-0.39, 0.29) is 0 Å². The van der Waals surface area contributed by atoms with E-state index in [0.29, 0.717) is 22.0 Å². The Bertz CT molecular complexity index is 450. The fourth-order valence-electron chi connectivity index (χ4n) is 1.32. The van der Waals surface area contributed by atoms with E-state index in [0.717, 1.165) is 5.39 Å². The van der Waals surface area contributed by atoms with Gasteiger partial charge in [0, 0.05) is 0 Å². The number of nitrogen functional groups attached to an aromatic ring is 1. The summed E-state index contributed by atoms with van der Waals surface area (Å²) in [5.74, 6) is 0.597. The highest BCUT2D eigenvalue weighted by atomic mass is 35.5. The molecular formula is C9H8ClNO2. The molecule has 0 spiro atoms. The first-order valence-corrected chi connectivity index (χ1v) is 4.11. The van der Waals surface area contributed by atoms with E-state index in [9.17, 15) is 0 Å². The van der Waals surface area contributed by atoms with Crippen molar-refractivity contribution in [1.29, 1.82) is 0 Å². The molecule has 13 heavy (non-hydrogen) atoms. The van der Waals surface area contributed by atoms with Crippen molar-refractivity contribution in [1.82, 2.24) is 0 Å². The fourth-order valence-corrected chi connectivity index (χ4v) is 1.61. The van der Waals surface area contributed by atoms with Crippen molar-refractivity contribution in [2.75, 3.05) is 12.8 Å². The number of benzene rings is 1. The van der Waals surface area contributed by atoms with Crippen molar-refractivity contribution < 1.29 is 9.15 Å². The number of fused-ring (bicyclic) bond motifs is 1. The van der Waals surface area contributed by atoms with E-state index in [4.69, 9.17) is 26.5 Å². The molecule has 2 N–H and O–H groups in total. The molecule has 68 valence electrons. The van der Waals surface area contributed by atoms with Crippen LogP contribution in [0.4, 0.5) is 5.69 Å². The fraction of sp³-hybridized carbons (Fsp3) is 0.111. The van der Waals surface area contributed by atoms with Gasteiger partial charge in [0.15, 0.2) is 5.58 Å². The Hall–Kier alpha value is -1.35. The number of rotatable bonds is 1. The molecule has 2 rings (SSSR count). The third kappa shape index (κ3) is 1.12. The summed E-state index contributed by atoms with van der Waals surface area (Å²) in [5, 5.41) is 1.29. The summed E-state index contributed by atoms with van der Waals surface area (Å²) in [5.41, 5.74) is 6.82. The van der Waals surface area contributed by atoms with Gasteiger partial charge >= 0.3 is 0 Å². The van der Waals surface area contributed by atoms with Crippen LogP contribution in [0.1, 0.15) is 0 Å². The Morgan fingerprint density at radius 2 is 2.31 bits per heavy atom. The van der Waals surface area contributed by atoms with Gasteiger partial charge in [0.2, 0.25) is 0 Å². The van der Waals surface area contributed by atoms with Gasteiger partial charge in [0.25, 0.3) is 0 Å². The van der Waals surface area contributed by atoms with Gasteiger partial charge in [-0.25, -0.2) is 0 Å². The zero-order valence-electron chi connectivity index (χ0n) is 7.00. The molecule has 0 saturated heterocycles. The number of hydrogen-bond acceptors (Lipinski definition) is 3. The third-order valence-corrected chi connectivity index (χ3v) is 2.16. The molecule has 0 fully saturated rings.